The van der Waals surface area contributed by atoms with Crippen LogP contribution in [-0.4, -0.2) is 46.9 Å². The molecule has 1 aliphatic rings. The molecule has 3 aromatic rings. The topological polar surface area (TPSA) is 36.4 Å². The fourth-order valence-electron chi connectivity index (χ4n) is 3.71. The summed E-state index contributed by atoms with van der Waals surface area (Å²) in [5.41, 5.74) is 2.37. The number of halogens is 2. The van der Waals surface area contributed by atoms with Crippen molar-refractivity contribution in [3.63, 3.8) is 0 Å². The van der Waals surface area contributed by atoms with Gasteiger partial charge in [-0.05, 0) is 42.3 Å². The summed E-state index contributed by atoms with van der Waals surface area (Å²) in [5, 5.41) is 2.67. The van der Waals surface area contributed by atoms with E-state index >= 15 is 0 Å². The quantitative estimate of drug-likeness (QED) is 0.641. The van der Waals surface area contributed by atoms with E-state index in [2.05, 4.69) is 9.88 Å². The van der Waals surface area contributed by atoms with E-state index in [-0.39, 0.29) is 23.6 Å². The van der Waals surface area contributed by atoms with Crippen molar-refractivity contribution in [1.29, 1.82) is 0 Å². The van der Waals surface area contributed by atoms with Crippen LogP contribution in [0.3, 0.4) is 0 Å². The molecule has 0 bridgehead atoms. The van der Waals surface area contributed by atoms with E-state index in [1.54, 1.807) is 29.6 Å². The molecule has 0 atom stereocenters. The monoisotopic (exact) mass is 413 g/mol. The third-order valence-corrected chi connectivity index (χ3v) is 5.95. The third kappa shape index (κ3) is 4.36. The van der Waals surface area contributed by atoms with Gasteiger partial charge in [-0.1, -0.05) is 24.3 Å². The Morgan fingerprint density at radius 1 is 0.931 bits per heavy atom. The fraction of sp³-hybridized carbons (Fsp3) is 0.273. The van der Waals surface area contributed by atoms with Crippen molar-refractivity contribution in [2.45, 2.75) is 13.0 Å². The first-order valence-corrected chi connectivity index (χ1v) is 10.4. The molecule has 150 valence electrons. The Balaban J connectivity index is 1.54. The molecule has 1 aliphatic heterocycles. The fourth-order valence-corrected chi connectivity index (χ4v) is 4.30. The Bertz CT molecular complexity index is 935. The second-order valence-electron chi connectivity index (χ2n) is 7.09. The van der Waals surface area contributed by atoms with Gasteiger partial charge in [-0.2, -0.15) is 0 Å². The molecule has 0 N–H and O–H groups in total. The summed E-state index contributed by atoms with van der Waals surface area (Å²) in [6, 6.07) is 12.7. The highest BCUT2D eigenvalue weighted by atomic mass is 32.1. The lowest BCUT2D eigenvalue weighted by Gasteiger charge is -2.39. The molecule has 4 rings (SSSR count). The van der Waals surface area contributed by atoms with Crippen LogP contribution in [0.4, 0.5) is 8.78 Å². The van der Waals surface area contributed by atoms with Crippen LogP contribution in [0, 0.1) is 18.6 Å². The number of rotatable bonds is 4. The minimum absolute atomic E-state index is 0.0471. The number of hydrogen-bond donors (Lipinski definition) is 0. The lowest BCUT2D eigenvalue weighted by Crippen LogP contribution is -2.50. The minimum atomic E-state index is -0.291. The molecule has 4 nitrogen and oxygen atoms in total. The summed E-state index contributed by atoms with van der Waals surface area (Å²) in [6.45, 7) is 4.36. The predicted molar refractivity (Wildman–Crippen MR) is 109 cm³/mol. The van der Waals surface area contributed by atoms with Crippen molar-refractivity contribution in [2.24, 2.45) is 0 Å². The molecule has 0 aliphatic carbocycles. The van der Waals surface area contributed by atoms with E-state index in [1.165, 1.54) is 35.6 Å². The second-order valence-corrected chi connectivity index (χ2v) is 8.15. The molecule has 0 radical (unpaired) electrons. The van der Waals surface area contributed by atoms with Gasteiger partial charge < -0.3 is 4.90 Å². The van der Waals surface area contributed by atoms with Gasteiger partial charge in [0.2, 0.25) is 0 Å². The number of aromatic nitrogens is 1. The summed E-state index contributed by atoms with van der Waals surface area (Å²) in [5.74, 6) is -0.629. The number of carbonyl (C=O) groups excluding carboxylic acids is 1. The average Bonchev–Trinajstić information content (AvgIpc) is 3.17. The summed E-state index contributed by atoms with van der Waals surface area (Å²) in [6.07, 6.45) is 0. The van der Waals surface area contributed by atoms with Crippen molar-refractivity contribution in [1.82, 2.24) is 14.8 Å². The van der Waals surface area contributed by atoms with Crippen molar-refractivity contribution in [3.8, 4) is 0 Å². The van der Waals surface area contributed by atoms with Crippen molar-refractivity contribution >= 4 is 17.2 Å². The molecule has 2 heterocycles. The number of aryl methyl sites for hydroxylation is 1. The zero-order valence-corrected chi connectivity index (χ0v) is 16.8. The molecule has 0 spiro atoms. The Labute approximate surface area is 172 Å². The van der Waals surface area contributed by atoms with E-state index in [4.69, 9.17) is 0 Å². The summed E-state index contributed by atoms with van der Waals surface area (Å²) >= 11 is 1.47. The smallest absolute Gasteiger partial charge is 0.273 e. The number of hydrogen-bond acceptors (Lipinski definition) is 4. The van der Waals surface area contributed by atoms with Crippen LogP contribution in [0.25, 0.3) is 0 Å². The van der Waals surface area contributed by atoms with Crippen molar-refractivity contribution < 1.29 is 13.6 Å². The third-order valence-electron chi connectivity index (χ3n) is 5.18. The molecule has 0 unspecified atom stereocenters. The SMILES string of the molecule is Cc1nc(C(=O)N2CCN(C(c3ccc(F)cc3)c3ccc(F)cc3)CC2)cs1. The van der Waals surface area contributed by atoms with Gasteiger partial charge in [-0.25, -0.2) is 13.8 Å². The average molecular weight is 413 g/mol. The van der Waals surface area contributed by atoms with Crippen LogP contribution < -0.4 is 0 Å². The van der Waals surface area contributed by atoms with E-state index in [0.29, 0.717) is 31.9 Å². The number of nitrogens with zero attached hydrogens (tertiary/aromatic N) is 3. The molecule has 2 aromatic carbocycles. The van der Waals surface area contributed by atoms with E-state index in [1.807, 2.05) is 11.8 Å². The lowest BCUT2D eigenvalue weighted by molar-refractivity contribution is 0.0592. The highest BCUT2D eigenvalue weighted by Crippen LogP contribution is 2.30. The Kier molecular flexibility index (Phi) is 5.69. The molecule has 29 heavy (non-hydrogen) atoms. The number of amides is 1. The van der Waals surface area contributed by atoms with Gasteiger partial charge in [-0.3, -0.25) is 9.69 Å². The molecular weight excluding hydrogens is 392 g/mol. The Morgan fingerprint density at radius 3 is 1.90 bits per heavy atom. The first-order chi connectivity index (χ1) is 14.0. The highest BCUT2D eigenvalue weighted by Gasteiger charge is 2.29. The largest absolute Gasteiger partial charge is 0.335 e. The van der Waals surface area contributed by atoms with Gasteiger partial charge in [-0.15, -0.1) is 11.3 Å². The van der Waals surface area contributed by atoms with Gasteiger partial charge in [0.15, 0.2) is 0 Å². The maximum atomic E-state index is 13.4. The van der Waals surface area contributed by atoms with Crippen LogP contribution >= 0.6 is 11.3 Å². The second kappa shape index (κ2) is 8.39. The van der Waals surface area contributed by atoms with E-state index < -0.39 is 0 Å². The van der Waals surface area contributed by atoms with Gasteiger partial charge >= 0.3 is 0 Å². The summed E-state index contributed by atoms with van der Waals surface area (Å²) in [4.78, 5) is 21.0. The molecule has 1 saturated heterocycles. The van der Waals surface area contributed by atoms with Gasteiger partial charge in [0.25, 0.3) is 5.91 Å². The van der Waals surface area contributed by atoms with Crippen LogP contribution in [0.2, 0.25) is 0 Å². The normalized spacial score (nSPS) is 15.1. The molecule has 7 heteroatoms. The number of thiazole rings is 1. The number of piperazine rings is 1. The lowest BCUT2D eigenvalue weighted by atomic mass is 9.96. The Hall–Kier alpha value is -2.64. The van der Waals surface area contributed by atoms with Gasteiger partial charge in [0, 0.05) is 31.6 Å². The molecule has 1 amide bonds. The van der Waals surface area contributed by atoms with Crippen LogP contribution in [-0.2, 0) is 0 Å². The molecule has 1 aromatic heterocycles. The van der Waals surface area contributed by atoms with E-state index in [0.717, 1.165) is 16.1 Å². The maximum Gasteiger partial charge on any atom is 0.273 e. The van der Waals surface area contributed by atoms with Gasteiger partial charge in [0.05, 0.1) is 11.0 Å². The highest BCUT2D eigenvalue weighted by molar-refractivity contribution is 7.09. The van der Waals surface area contributed by atoms with Crippen molar-refractivity contribution in [3.05, 3.63) is 87.4 Å². The summed E-state index contributed by atoms with van der Waals surface area (Å²) in [7, 11) is 0. The maximum absolute atomic E-state index is 13.4. The van der Waals surface area contributed by atoms with Crippen LogP contribution in [0.5, 0.6) is 0 Å². The van der Waals surface area contributed by atoms with Crippen molar-refractivity contribution in [2.75, 3.05) is 26.2 Å². The first-order valence-electron chi connectivity index (χ1n) is 9.47. The summed E-state index contributed by atoms with van der Waals surface area (Å²) < 4.78 is 26.9. The van der Waals surface area contributed by atoms with Crippen LogP contribution in [0.15, 0.2) is 53.9 Å². The molecule has 0 saturated carbocycles. The zero-order chi connectivity index (χ0) is 20.4. The number of carbonyl (C=O) groups is 1. The first kappa shape index (κ1) is 19.7. The number of benzene rings is 2. The van der Waals surface area contributed by atoms with Gasteiger partial charge in [0.1, 0.15) is 17.3 Å². The Morgan fingerprint density at radius 2 is 1.45 bits per heavy atom. The minimum Gasteiger partial charge on any atom is -0.335 e. The van der Waals surface area contributed by atoms with E-state index in [9.17, 15) is 13.6 Å². The standard InChI is InChI=1S/C22H21F2N3OS/c1-15-25-20(14-29-15)22(28)27-12-10-26(11-13-27)21(16-2-6-18(23)7-3-16)17-4-8-19(24)9-5-17/h2-9,14,21H,10-13H2,1H3. The zero-order valence-electron chi connectivity index (χ0n) is 16.0. The van der Waals surface area contributed by atoms with Crippen LogP contribution in [0.1, 0.15) is 32.7 Å². The molecule has 1 fully saturated rings. The molecular formula is C22H21F2N3OS. The predicted octanol–water partition coefficient (Wildman–Crippen LogP) is 4.28.